The smallest absolute Gasteiger partial charge is 0.156 e. The normalized spacial score (nSPS) is 21.3. The van der Waals surface area contributed by atoms with E-state index in [-0.39, 0.29) is 0 Å². The summed E-state index contributed by atoms with van der Waals surface area (Å²) in [4.78, 5) is 14.1. The number of anilines is 1. The zero-order valence-corrected chi connectivity index (χ0v) is 16.1. The molecule has 3 aromatic rings. The maximum Gasteiger partial charge on any atom is 0.156 e. The molecule has 0 amide bonds. The van der Waals surface area contributed by atoms with Crippen molar-refractivity contribution in [2.75, 3.05) is 44.3 Å². The molecule has 146 valence electrons. The first-order valence-corrected chi connectivity index (χ1v) is 10.2. The quantitative estimate of drug-likeness (QED) is 0.695. The maximum atomic E-state index is 5.46. The third-order valence-corrected chi connectivity index (χ3v) is 5.69. The van der Waals surface area contributed by atoms with Gasteiger partial charge in [-0.15, -0.1) is 0 Å². The van der Waals surface area contributed by atoms with Crippen LogP contribution < -0.4 is 4.90 Å². The topological polar surface area (TPSA) is 58.8 Å². The van der Waals surface area contributed by atoms with E-state index in [4.69, 9.17) is 14.8 Å². The van der Waals surface area contributed by atoms with E-state index >= 15 is 0 Å². The lowest BCUT2D eigenvalue weighted by Gasteiger charge is -2.31. The molecule has 0 radical (unpaired) electrons. The first-order chi connectivity index (χ1) is 13.8. The molecule has 0 spiro atoms. The molecule has 7 nitrogen and oxygen atoms in total. The fourth-order valence-corrected chi connectivity index (χ4v) is 4.20. The molecule has 7 heteroatoms. The molecule has 0 aromatic carbocycles. The van der Waals surface area contributed by atoms with Crippen LogP contribution in [0.1, 0.15) is 30.3 Å². The van der Waals surface area contributed by atoms with Crippen molar-refractivity contribution in [1.82, 2.24) is 24.5 Å². The predicted octanol–water partition coefficient (Wildman–Crippen LogP) is 2.34. The van der Waals surface area contributed by atoms with Crippen LogP contribution in [0.5, 0.6) is 0 Å². The summed E-state index contributed by atoms with van der Waals surface area (Å²) in [6.07, 6.45) is 6.29. The highest BCUT2D eigenvalue weighted by Crippen LogP contribution is 2.26. The van der Waals surface area contributed by atoms with E-state index in [9.17, 15) is 0 Å². The van der Waals surface area contributed by atoms with Crippen molar-refractivity contribution in [1.29, 1.82) is 0 Å². The molecule has 5 rings (SSSR count). The van der Waals surface area contributed by atoms with Crippen LogP contribution in [-0.2, 0) is 11.3 Å². The van der Waals surface area contributed by atoms with Crippen LogP contribution in [-0.4, -0.2) is 63.9 Å². The Morgan fingerprint density at radius 1 is 1.07 bits per heavy atom. The van der Waals surface area contributed by atoms with E-state index in [0.717, 1.165) is 69.5 Å². The largest absolute Gasteiger partial charge is 0.378 e. The van der Waals surface area contributed by atoms with Gasteiger partial charge < -0.3 is 9.64 Å². The van der Waals surface area contributed by atoms with Gasteiger partial charge in [0.05, 0.1) is 30.8 Å². The number of aromatic nitrogens is 4. The van der Waals surface area contributed by atoms with E-state index in [1.807, 2.05) is 16.8 Å². The van der Waals surface area contributed by atoms with Gasteiger partial charge in [-0.25, -0.2) is 9.50 Å². The van der Waals surface area contributed by atoms with Crippen molar-refractivity contribution in [2.45, 2.75) is 25.3 Å². The van der Waals surface area contributed by atoms with Crippen LogP contribution in [0.2, 0.25) is 0 Å². The number of piperidine rings is 1. The van der Waals surface area contributed by atoms with Crippen LogP contribution in [0.4, 0.5) is 5.69 Å². The lowest BCUT2D eigenvalue weighted by atomic mass is 9.97. The van der Waals surface area contributed by atoms with Gasteiger partial charge in [0.2, 0.25) is 0 Å². The maximum absolute atomic E-state index is 5.46. The van der Waals surface area contributed by atoms with Crippen LogP contribution in [0.25, 0.3) is 5.65 Å². The molecule has 5 heterocycles. The number of fused-ring (bicyclic) bond motifs is 1. The van der Waals surface area contributed by atoms with E-state index in [1.165, 1.54) is 12.1 Å². The fraction of sp³-hybridized carbons (Fsp3) is 0.476. The number of hydrogen-bond acceptors (Lipinski definition) is 6. The molecule has 3 aromatic heterocycles. The Bertz CT molecular complexity index is 921. The Hall–Kier alpha value is -2.51. The summed E-state index contributed by atoms with van der Waals surface area (Å²) in [5.74, 6) is 1.34. The summed E-state index contributed by atoms with van der Waals surface area (Å²) >= 11 is 0. The molecule has 1 atom stereocenters. The molecule has 1 unspecified atom stereocenters. The molecular weight excluding hydrogens is 352 g/mol. The highest BCUT2D eigenvalue weighted by molar-refractivity contribution is 5.51. The minimum atomic E-state index is 0.379. The van der Waals surface area contributed by atoms with Gasteiger partial charge in [-0.05, 0) is 43.7 Å². The van der Waals surface area contributed by atoms with Gasteiger partial charge in [0.25, 0.3) is 0 Å². The minimum absolute atomic E-state index is 0.379. The summed E-state index contributed by atoms with van der Waals surface area (Å²) in [7, 11) is 0. The van der Waals surface area contributed by atoms with E-state index < -0.39 is 0 Å². The zero-order valence-electron chi connectivity index (χ0n) is 16.1. The zero-order chi connectivity index (χ0) is 18.8. The van der Waals surface area contributed by atoms with Gasteiger partial charge in [0, 0.05) is 38.3 Å². The number of rotatable bonds is 4. The first-order valence-electron chi connectivity index (χ1n) is 10.2. The first kappa shape index (κ1) is 17.6. The number of morpholine rings is 1. The monoisotopic (exact) mass is 378 g/mol. The Morgan fingerprint density at radius 3 is 2.86 bits per heavy atom. The summed E-state index contributed by atoms with van der Waals surface area (Å²) < 4.78 is 7.40. The van der Waals surface area contributed by atoms with Crippen LogP contribution in [0.15, 0.2) is 42.7 Å². The fourth-order valence-electron chi connectivity index (χ4n) is 4.20. The van der Waals surface area contributed by atoms with Crippen molar-refractivity contribution in [2.24, 2.45) is 0 Å². The number of nitrogens with zero attached hydrogens (tertiary/aromatic N) is 6. The van der Waals surface area contributed by atoms with Crippen molar-refractivity contribution in [3.63, 3.8) is 0 Å². The molecule has 2 saturated heterocycles. The van der Waals surface area contributed by atoms with Crippen LogP contribution in [0.3, 0.4) is 0 Å². The van der Waals surface area contributed by atoms with Crippen molar-refractivity contribution < 1.29 is 4.74 Å². The Kier molecular flexibility index (Phi) is 4.93. The minimum Gasteiger partial charge on any atom is -0.378 e. The second-order valence-corrected chi connectivity index (χ2v) is 7.65. The Labute approximate surface area is 165 Å². The standard InChI is InChI=1S/C21H26N6O/c1-2-8-22-18(5-1)15-25-9-3-4-17(14-25)21-23-20-7-6-19(16-27(20)24-21)26-10-12-28-13-11-26/h1-2,5-8,16-17H,3-4,9-15H2. The molecule has 28 heavy (non-hydrogen) atoms. The number of ether oxygens (including phenoxy) is 1. The molecule has 2 fully saturated rings. The number of hydrogen-bond donors (Lipinski definition) is 0. The molecule has 2 aliphatic heterocycles. The Morgan fingerprint density at radius 2 is 2.00 bits per heavy atom. The van der Waals surface area contributed by atoms with Gasteiger partial charge in [-0.1, -0.05) is 6.07 Å². The number of pyridine rings is 2. The lowest BCUT2D eigenvalue weighted by molar-refractivity contribution is 0.122. The third kappa shape index (κ3) is 3.72. The highest BCUT2D eigenvalue weighted by atomic mass is 16.5. The SMILES string of the molecule is c1ccc(CN2CCCC(c3nc4ccc(N5CCOCC5)cn4n3)C2)nc1. The summed E-state index contributed by atoms with van der Waals surface area (Å²) in [5.41, 5.74) is 3.24. The van der Waals surface area contributed by atoms with Gasteiger partial charge in [0.1, 0.15) is 0 Å². The number of likely N-dealkylation sites (tertiary alicyclic amines) is 1. The average Bonchev–Trinajstić information content (AvgIpc) is 3.19. The molecular formula is C21H26N6O. The van der Waals surface area contributed by atoms with E-state index in [1.54, 1.807) is 0 Å². The van der Waals surface area contributed by atoms with Crippen molar-refractivity contribution in [3.8, 4) is 0 Å². The van der Waals surface area contributed by atoms with Gasteiger partial charge >= 0.3 is 0 Å². The molecule has 0 bridgehead atoms. The van der Waals surface area contributed by atoms with Crippen molar-refractivity contribution in [3.05, 3.63) is 54.2 Å². The lowest BCUT2D eigenvalue weighted by Crippen LogP contribution is -2.36. The summed E-state index contributed by atoms with van der Waals surface area (Å²) in [6.45, 7) is 6.43. The average molecular weight is 378 g/mol. The second kappa shape index (κ2) is 7.85. The van der Waals surface area contributed by atoms with Crippen LogP contribution >= 0.6 is 0 Å². The van der Waals surface area contributed by atoms with Gasteiger partial charge in [-0.3, -0.25) is 9.88 Å². The van der Waals surface area contributed by atoms with E-state index in [0.29, 0.717) is 5.92 Å². The molecule has 0 aliphatic carbocycles. The van der Waals surface area contributed by atoms with Gasteiger partial charge in [-0.2, -0.15) is 5.10 Å². The molecule has 2 aliphatic rings. The molecule has 0 N–H and O–H groups in total. The molecule has 0 saturated carbocycles. The van der Waals surface area contributed by atoms with Crippen molar-refractivity contribution >= 4 is 11.3 Å². The van der Waals surface area contributed by atoms with Gasteiger partial charge in [0.15, 0.2) is 11.5 Å². The third-order valence-electron chi connectivity index (χ3n) is 5.69. The Balaban J connectivity index is 1.32. The predicted molar refractivity (Wildman–Crippen MR) is 108 cm³/mol. The second-order valence-electron chi connectivity index (χ2n) is 7.65. The van der Waals surface area contributed by atoms with E-state index in [2.05, 4.69) is 45.2 Å². The summed E-state index contributed by atoms with van der Waals surface area (Å²) in [5, 5.41) is 4.84. The highest BCUT2D eigenvalue weighted by Gasteiger charge is 2.25. The van der Waals surface area contributed by atoms with Crippen LogP contribution in [0, 0.1) is 0 Å². The summed E-state index contributed by atoms with van der Waals surface area (Å²) in [6, 6.07) is 10.3.